The number of carboxylic acids is 1. The second-order valence-electron chi connectivity index (χ2n) is 14.8. The van der Waals surface area contributed by atoms with E-state index in [9.17, 15) is 19.2 Å². The summed E-state index contributed by atoms with van der Waals surface area (Å²) in [7, 11) is 0. The molecule has 1 atom stereocenters. The van der Waals surface area contributed by atoms with E-state index in [1.165, 1.54) is 0 Å². The average Bonchev–Trinajstić information content (AvgIpc) is 3.42. The minimum atomic E-state index is -1.28. The van der Waals surface area contributed by atoms with E-state index in [-0.39, 0.29) is 5.91 Å². The molecule has 55 heavy (non-hydrogen) atoms. The number of nitrogens with one attached hydrogen (secondary N) is 1. The molecule has 0 unspecified atom stereocenters. The van der Waals surface area contributed by atoms with Gasteiger partial charge in [-0.2, -0.15) is 0 Å². The quantitative estimate of drug-likeness (QED) is 0.0760. The highest BCUT2D eigenvalue weighted by Gasteiger charge is 2.31. The van der Waals surface area contributed by atoms with Crippen LogP contribution in [0.3, 0.4) is 0 Å². The number of carboxylic acid groups (broad SMARTS) is 1. The van der Waals surface area contributed by atoms with Gasteiger partial charge in [0.2, 0.25) is 0 Å². The minimum absolute atomic E-state index is 0.209. The third kappa shape index (κ3) is 11.0. The number of hydrogen-bond donors (Lipinski definition) is 2. The van der Waals surface area contributed by atoms with Gasteiger partial charge >= 0.3 is 5.97 Å². The molecule has 4 aromatic rings. The van der Waals surface area contributed by atoms with Gasteiger partial charge in [0.1, 0.15) is 18.2 Å². The van der Waals surface area contributed by atoms with E-state index < -0.39 is 22.6 Å². The first-order chi connectivity index (χ1) is 26.4. The Kier molecular flexibility index (Phi) is 14.6. The summed E-state index contributed by atoms with van der Waals surface area (Å²) in [4.78, 5) is 33.4. The van der Waals surface area contributed by atoms with E-state index in [4.69, 9.17) is 9.47 Å². The highest BCUT2D eigenvalue weighted by Crippen LogP contribution is 2.35. The summed E-state index contributed by atoms with van der Waals surface area (Å²) in [6.07, 6.45) is 6.22. The number of rotatable bonds is 18. The standard InChI is InChI=1S/C44H56N4O6S/c1-7-9-24-53-25-26-54-38-17-12-33(13-18-38)34-14-21-40-36(27-34)28-35(11-10-23-47(40)30-44(5,6)43(50)51)42(49)46-37-15-19-39(20-16-37)55(52)29-41-31(3)45-32(4)48(41)22-8-2/h12-21,27-28H,7-11,22-26,29-30H2,1-6H3,(H,46,49)(H,50,51)/b35-28+/t55-/m0/s1. The molecule has 0 aliphatic carbocycles. The summed E-state index contributed by atoms with van der Waals surface area (Å²) >= 11 is -1.28. The highest BCUT2D eigenvalue weighted by molar-refractivity contribution is 7.90. The first-order valence-corrected chi connectivity index (χ1v) is 20.7. The van der Waals surface area contributed by atoms with Crippen LogP contribution in [0.15, 0.2) is 77.2 Å². The van der Waals surface area contributed by atoms with E-state index in [1.807, 2.05) is 68.5 Å². The zero-order valence-corrected chi connectivity index (χ0v) is 34.0. The van der Waals surface area contributed by atoms with Crippen LogP contribution in [0.2, 0.25) is 0 Å². The lowest BCUT2D eigenvalue weighted by atomic mass is 9.91. The molecule has 1 aliphatic rings. The lowest BCUT2D eigenvalue weighted by Crippen LogP contribution is -2.40. The number of aliphatic carboxylic acids is 1. The number of ether oxygens (including phenoxy) is 2. The molecule has 0 saturated carbocycles. The molecule has 1 aliphatic heterocycles. The summed E-state index contributed by atoms with van der Waals surface area (Å²) in [6.45, 7) is 15.2. The molecular formula is C44H56N4O6S. The lowest BCUT2D eigenvalue weighted by molar-refractivity contribution is -0.146. The van der Waals surface area contributed by atoms with Crippen LogP contribution in [0.5, 0.6) is 5.75 Å². The van der Waals surface area contributed by atoms with E-state index >= 15 is 0 Å². The van der Waals surface area contributed by atoms with Crippen LogP contribution in [0.4, 0.5) is 11.4 Å². The minimum Gasteiger partial charge on any atom is -0.611 e. The molecule has 0 fully saturated rings. The maximum absolute atomic E-state index is 13.8. The largest absolute Gasteiger partial charge is 0.611 e. The second-order valence-corrected chi connectivity index (χ2v) is 16.3. The molecule has 11 heteroatoms. The van der Waals surface area contributed by atoms with E-state index in [0.717, 1.165) is 77.8 Å². The van der Waals surface area contributed by atoms with Crippen LogP contribution in [-0.2, 0) is 37.8 Å². The number of carbonyl (C=O) groups excluding carboxylic acids is 1. The average molecular weight is 769 g/mol. The van der Waals surface area contributed by atoms with Crippen molar-refractivity contribution >= 4 is 40.5 Å². The lowest BCUT2D eigenvalue weighted by Gasteiger charge is -2.34. The molecule has 1 aromatic heterocycles. The number of amides is 1. The van der Waals surface area contributed by atoms with Crippen molar-refractivity contribution in [3.63, 3.8) is 0 Å². The molecule has 5 rings (SSSR count). The van der Waals surface area contributed by atoms with Crippen LogP contribution >= 0.6 is 0 Å². The summed E-state index contributed by atoms with van der Waals surface area (Å²) in [5, 5.41) is 13.0. The van der Waals surface area contributed by atoms with Crippen LogP contribution in [0, 0.1) is 19.3 Å². The number of carbonyl (C=O) groups is 2. The number of benzene rings is 3. The van der Waals surface area contributed by atoms with E-state index in [2.05, 4.69) is 39.7 Å². The van der Waals surface area contributed by atoms with Gasteiger partial charge in [0.25, 0.3) is 5.91 Å². The van der Waals surface area contributed by atoms with E-state index in [1.54, 1.807) is 26.0 Å². The zero-order chi connectivity index (χ0) is 39.5. The maximum atomic E-state index is 13.8. The summed E-state index contributed by atoms with van der Waals surface area (Å²) in [5.41, 5.74) is 5.84. The number of hydrogen-bond acceptors (Lipinski definition) is 7. The van der Waals surface area contributed by atoms with Crippen molar-refractivity contribution in [3.05, 3.63) is 95.1 Å². The topological polar surface area (TPSA) is 129 Å². The third-order valence-corrected chi connectivity index (χ3v) is 11.2. The third-order valence-electron chi connectivity index (χ3n) is 9.91. The number of aryl methyl sites for hydroxylation is 2. The van der Waals surface area contributed by atoms with Gasteiger partial charge in [-0.3, -0.25) is 9.59 Å². The summed E-state index contributed by atoms with van der Waals surface area (Å²) in [5.74, 6) is 1.00. The summed E-state index contributed by atoms with van der Waals surface area (Å²) < 4.78 is 27.0. The van der Waals surface area contributed by atoms with Crippen molar-refractivity contribution in [3.8, 4) is 16.9 Å². The first kappa shape index (κ1) is 41.6. The van der Waals surface area contributed by atoms with Gasteiger partial charge in [0.15, 0.2) is 10.6 Å². The van der Waals surface area contributed by atoms with Gasteiger partial charge < -0.3 is 33.9 Å². The number of imidazole rings is 1. The van der Waals surface area contributed by atoms with Crippen molar-refractivity contribution < 1.29 is 28.7 Å². The maximum Gasteiger partial charge on any atom is 0.310 e. The Morgan fingerprint density at radius 2 is 1.69 bits per heavy atom. The Balaban J connectivity index is 1.35. The Labute approximate surface area is 329 Å². The Hall–Kier alpha value is -4.58. The fourth-order valence-electron chi connectivity index (χ4n) is 6.75. The van der Waals surface area contributed by atoms with Crippen molar-refractivity contribution in [2.75, 3.05) is 43.1 Å². The molecular weight excluding hydrogens is 713 g/mol. The van der Waals surface area contributed by atoms with Gasteiger partial charge in [-0.05, 0) is 136 Å². The second kappa shape index (κ2) is 19.3. The molecule has 3 aromatic carbocycles. The molecule has 10 nitrogen and oxygen atoms in total. The van der Waals surface area contributed by atoms with Crippen LogP contribution in [0.1, 0.15) is 82.6 Å². The molecule has 1 amide bonds. The highest BCUT2D eigenvalue weighted by atomic mass is 32.2. The fraction of sp³-hybridized carbons (Fsp3) is 0.432. The van der Waals surface area contributed by atoms with Crippen LogP contribution in [0.25, 0.3) is 17.2 Å². The molecule has 0 saturated heterocycles. The molecule has 0 radical (unpaired) electrons. The van der Waals surface area contributed by atoms with Crippen molar-refractivity contribution in [2.24, 2.45) is 5.41 Å². The van der Waals surface area contributed by atoms with Gasteiger partial charge in [0.05, 0.1) is 23.4 Å². The first-order valence-electron chi connectivity index (χ1n) is 19.4. The fourth-order valence-corrected chi connectivity index (χ4v) is 7.97. The number of unbranched alkanes of at least 4 members (excludes halogenated alkanes) is 1. The number of aromatic nitrogens is 2. The number of nitrogens with zero attached hydrogens (tertiary/aromatic N) is 3. The molecule has 2 N–H and O–H groups in total. The van der Waals surface area contributed by atoms with Crippen molar-refractivity contribution in [1.82, 2.24) is 9.55 Å². The van der Waals surface area contributed by atoms with Gasteiger partial charge in [-0.25, -0.2) is 4.98 Å². The Bertz CT molecular complexity index is 1940. The van der Waals surface area contributed by atoms with E-state index in [0.29, 0.717) is 61.1 Å². The van der Waals surface area contributed by atoms with Crippen LogP contribution in [-0.4, -0.2) is 64.0 Å². The number of anilines is 2. The molecule has 0 spiro atoms. The molecule has 2 heterocycles. The normalized spacial score (nSPS) is 14.7. The Morgan fingerprint density at radius 3 is 2.38 bits per heavy atom. The van der Waals surface area contributed by atoms with Crippen molar-refractivity contribution in [2.45, 2.75) is 90.8 Å². The van der Waals surface area contributed by atoms with Gasteiger partial charge in [0, 0.05) is 43.2 Å². The van der Waals surface area contributed by atoms with Crippen molar-refractivity contribution in [1.29, 1.82) is 0 Å². The number of fused-ring (bicyclic) bond motifs is 1. The smallest absolute Gasteiger partial charge is 0.310 e. The predicted molar refractivity (Wildman–Crippen MR) is 221 cm³/mol. The SMILES string of the molecule is CCCCOCCOc1ccc(-c2ccc3c(c2)/C=C(/C(=O)Nc2ccc([S@@+]([O-])Cc4c(C)nc(C)n4CCC)cc2)CCCN3CC(C)(C)C(=O)O)cc1. The molecule has 294 valence electrons. The Morgan fingerprint density at radius 1 is 0.964 bits per heavy atom. The molecule has 0 bridgehead atoms. The van der Waals surface area contributed by atoms with Crippen LogP contribution < -0.4 is 15.0 Å². The summed E-state index contributed by atoms with van der Waals surface area (Å²) in [6, 6.07) is 21.2. The van der Waals surface area contributed by atoms with Gasteiger partial charge in [-0.1, -0.05) is 38.5 Å². The monoisotopic (exact) mass is 768 g/mol. The van der Waals surface area contributed by atoms with Gasteiger partial charge in [-0.15, -0.1) is 0 Å². The predicted octanol–water partition coefficient (Wildman–Crippen LogP) is 8.81. The zero-order valence-electron chi connectivity index (χ0n) is 33.2.